The zero-order valence-corrected chi connectivity index (χ0v) is 16.8. The lowest BCUT2D eigenvalue weighted by molar-refractivity contribution is -0.121. The summed E-state index contributed by atoms with van der Waals surface area (Å²) in [5.41, 5.74) is 7.43. The molecule has 0 aliphatic heterocycles. The van der Waals surface area contributed by atoms with Crippen molar-refractivity contribution in [2.45, 2.75) is 36.6 Å². The van der Waals surface area contributed by atoms with Gasteiger partial charge in [0.2, 0.25) is 15.9 Å². The number of carbonyl (C=O) groups is 1. The summed E-state index contributed by atoms with van der Waals surface area (Å²) in [4.78, 5) is 16.8. The van der Waals surface area contributed by atoms with Crippen LogP contribution < -0.4 is 11.1 Å². The van der Waals surface area contributed by atoms with Crippen LogP contribution in [-0.2, 0) is 28.3 Å². The number of aryl methyl sites for hydroxylation is 2. The standard InChI is InChI=1S/C18H27N5O3S/c1-22(2)27(25,26)13-6-7-16-15(10-13)21-17(23(16)3)8-9-18(24)20-11-14(19)12-4-5-12/h6-7,10,12,14H,4-5,8-9,11,19H2,1-3H3,(H,20,24). The molecule has 27 heavy (non-hydrogen) atoms. The SMILES string of the molecule is CN(C)S(=O)(=O)c1ccc2c(c1)nc(CCC(=O)NCC(N)C1CC1)n2C. The van der Waals surface area contributed by atoms with Gasteiger partial charge in [-0.2, -0.15) is 0 Å². The molecule has 0 radical (unpaired) electrons. The first-order chi connectivity index (χ1) is 12.7. The van der Waals surface area contributed by atoms with Crippen LogP contribution in [0.15, 0.2) is 23.1 Å². The Kier molecular flexibility index (Phi) is 5.55. The Morgan fingerprint density at radius 1 is 1.41 bits per heavy atom. The van der Waals surface area contributed by atoms with Gasteiger partial charge in [0, 0.05) is 46.6 Å². The van der Waals surface area contributed by atoms with Crippen molar-refractivity contribution in [2.24, 2.45) is 18.7 Å². The summed E-state index contributed by atoms with van der Waals surface area (Å²) in [6.07, 6.45) is 3.10. The zero-order valence-electron chi connectivity index (χ0n) is 16.0. The average Bonchev–Trinajstić information content (AvgIpc) is 3.43. The van der Waals surface area contributed by atoms with E-state index in [1.807, 2.05) is 11.6 Å². The molecule has 1 aliphatic rings. The second-order valence-corrected chi connectivity index (χ2v) is 9.48. The van der Waals surface area contributed by atoms with Gasteiger partial charge in [0.25, 0.3) is 0 Å². The number of carbonyl (C=O) groups excluding carboxylic acids is 1. The van der Waals surface area contributed by atoms with Crippen LogP contribution in [0.5, 0.6) is 0 Å². The van der Waals surface area contributed by atoms with E-state index in [0.29, 0.717) is 30.8 Å². The highest BCUT2D eigenvalue weighted by Crippen LogP contribution is 2.31. The van der Waals surface area contributed by atoms with E-state index in [-0.39, 0.29) is 16.8 Å². The number of hydrogen-bond donors (Lipinski definition) is 2. The average molecular weight is 394 g/mol. The summed E-state index contributed by atoms with van der Waals surface area (Å²) in [7, 11) is 1.35. The molecule has 1 fully saturated rings. The van der Waals surface area contributed by atoms with Crippen molar-refractivity contribution >= 4 is 27.0 Å². The molecule has 1 aliphatic carbocycles. The lowest BCUT2D eigenvalue weighted by Gasteiger charge is -2.11. The summed E-state index contributed by atoms with van der Waals surface area (Å²) >= 11 is 0. The van der Waals surface area contributed by atoms with Crippen LogP contribution in [0, 0.1) is 5.92 Å². The number of amides is 1. The van der Waals surface area contributed by atoms with E-state index in [4.69, 9.17) is 5.73 Å². The number of benzene rings is 1. The van der Waals surface area contributed by atoms with Gasteiger partial charge >= 0.3 is 0 Å². The predicted molar refractivity (Wildman–Crippen MR) is 104 cm³/mol. The Morgan fingerprint density at radius 3 is 2.74 bits per heavy atom. The summed E-state index contributed by atoms with van der Waals surface area (Å²) in [6, 6.07) is 4.94. The highest BCUT2D eigenvalue weighted by atomic mass is 32.2. The minimum Gasteiger partial charge on any atom is -0.355 e. The van der Waals surface area contributed by atoms with Crippen molar-refractivity contribution in [1.29, 1.82) is 0 Å². The molecule has 1 aromatic carbocycles. The van der Waals surface area contributed by atoms with Gasteiger partial charge in [-0.1, -0.05) is 0 Å². The normalized spacial score (nSPS) is 16.0. The molecule has 0 spiro atoms. The van der Waals surface area contributed by atoms with Crippen molar-refractivity contribution in [3.8, 4) is 0 Å². The number of rotatable bonds is 8. The van der Waals surface area contributed by atoms with Gasteiger partial charge in [0.05, 0.1) is 15.9 Å². The Hall–Kier alpha value is -1.97. The van der Waals surface area contributed by atoms with Crippen LogP contribution >= 0.6 is 0 Å². The van der Waals surface area contributed by atoms with Gasteiger partial charge < -0.3 is 15.6 Å². The summed E-state index contributed by atoms with van der Waals surface area (Å²) in [5, 5.41) is 2.88. The Balaban J connectivity index is 1.68. The molecule has 3 N–H and O–H groups in total. The molecular formula is C18H27N5O3S. The van der Waals surface area contributed by atoms with Gasteiger partial charge in [-0.05, 0) is 37.0 Å². The van der Waals surface area contributed by atoms with Gasteiger partial charge in [-0.3, -0.25) is 4.79 Å². The van der Waals surface area contributed by atoms with Gasteiger partial charge in [0.15, 0.2) is 0 Å². The molecule has 0 bridgehead atoms. The van der Waals surface area contributed by atoms with E-state index in [0.717, 1.165) is 24.2 Å². The van der Waals surface area contributed by atoms with Crippen molar-refractivity contribution in [1.82, 2.24) is 19.2 Å². The van der Waals surface area contributed by atoms with Crippen molar-refractivity contribution in [3.05, 3.63) is 24.0 Å². The molecule has 1 amide bonds. The van der Waals surface area contributed by atoms with Gasteiger partial charge in [-0.25, -0.2) is 17.7 Å². The summed E-state index contributed by atoms with van der Waals surface area (Å²) in [5.74, 6) is 1.25. The molecule has 2 aromatic rings. The van der Waals surface area contributed by atoms with E-state index >= 15 is 0 Å². The molecule has 0 saturated heterocycles. The van der Waals surface area contributed by atoms with Crippen LogP contribution in [0.4, 0.5) is 0 Å². The Morgan fingerprint density at radius 2 is 2.11 bits per heavy atom. The highest BCUT2D eigenvalue weighted by molar-refractivity contribution is 7.89. The fourth-order valence-electron chi connectivity index (χ4n) is 3.06. The van der Waals surface area contributed by atoms with Gasteiger partial charge in [-0.15, -0.1) is 0 Å². The summed E-state index contributed by atoms with van der Waals surface area (Å²) in [6.45, 7) is 0.512. The minimum absolute atomic E-state index is 0.0433. The second kappa shape index (κ2) is 7.57. The van der Waals surface area contributed by atoms with Crippen LogP contribution in [0.25, 0.3) is 11.0 Å². The largest absolute Gasteiger partial charge is 0.355 e. The maximum absolute atomic E-state index is 12.3. The molecule has 148 valence electrons. The molecule has 9 heteroatoms. The van der Waals surface area contributed by atoms with Crippen molar-refractivity contribution in [3.63, 3.8) is 0 Å². The maximum atomic E-state index is 12.3. The third-order valence-corrected chi connectivity index (χ3v) is 6.87. The van der Waals surface area contributed by atoms with Crippen LogP contribution in [0.3, 0.4) is 0 Å². The fraction of sp³-hybridized carbons (Fsp3) is 0.556. The molecule has 1 saturated carbocycles. The van der Waals surface area contributed by atoms with Crippen LogP contribution in [0.2, 0.25) is 0 Å². The number of aromatic nitrogens is 2. The van der Waals surface area contributed by atoms with E-state index in [2.05, 4.69) is 10.3 Å². The first-order valence-corrected chi connectivity index (χ1v) is 10.5. The molecule has 1 heterocycles. The number of imidazole rings is 1. The first kappa shape index (κ1) is 19.8. The summed E-state index contributed by atoms with van der Waals surface area (Å²) < 4.78 is 27.6. The van der Waals surface area contributed by atoms with Crippen molar-refractivity contribution in [2.75, 3.05) is 20.6 Å². The topological polar surface area (TPSA) is 110 Å². The molecule has 1 atom stereocenters. The third kappa shape index (κ3) is 4.31. The number of nitrogens with one attached hydrogen (secondary N) is 1. The van der Waals surface area contributed by atoms with E-state index in [1.54, 1.807) is 18.2 Å². The van der Waals surface area contributed by atoms with E-state index in [9.17, 15) is 13.2 Å². The molecule has 1 aromatic heterocycles. The van der Waals surface area contributed by atoms with Gasteiger partial charge in [0.1, 0.15) is 5.82 Å². The van der Waals surface area contributed by atoms with Crippen LogP contribution in [0.1, 0.15) is 25.1 Å². The zero-order chi connectivity index (χ0) is 19.8. The first-order valence-electron chi connectivity index (χ1n) is 9.10. The molecule has 1 unspecified atom stereocenters. The van der Waals surface area contributed by atoms with E-state index < -0.39 is 10.0 Å². The number of fused-ring (bicyclic) bond motifs is 1. The van der Waals surface area contributed by atoms with Crippen LogP contribution in [-0.4, -0.2) is 54.9 Å². The quantitative estimate of drug-likeness (QED) is 0.683. The monoisotopic (exact) mass is 393 g/mol. The Labute approximate surface area is 159 Å². The number of nitrogens with zero attached hydrogens (tertiary/aromatic N) is 3. The maximum Gasteiger partial charge on any atom is 0.242 e. The van der Waals surface area contributed by atoms with E-state index in [1.165, 1.54) is 18.4 Å². The smallest absolute Gasteiger partial charge is 0.242 e. The second-order valence-electron chi connectivity index (χ2n) is 7.33. The third-order valence-electron chi connectivity index (χ3n) is 5.06. The predicted octanol–water partition coefficient (Wildman–Crippen LogP) is 0.610. The van der Waals surface area contributed by atoms with Crippen molar-refractivity contribution < 1.29 is 13.2 Å². The minimum atomic E-state index is -3.51. The Bertz CT molecular complexity index is 947. The molecular weight excluding hydrogens is 366 g/mol. The highest BCUT2D eigenvalue weighted by Gasteiger charge is 2.28. The lowest BCUT2D eigenvalue weighted by Crippen LogP contribution is -2.38. The lowest BCUT2D eigenvalue weighted by atomic mass is 10.2. The number of sulfonamides is 1. The number of hydrogen-bond acceptors (Lipinski definition) is 5. The number of nitrogens with two attached hydrogens (primary N) is 1. The fourth-order valence-corrected chi connectivity index (χ4v) is 3.98. The molecule has 3 rings (SSSR count). The molecule has 8 nitrogen and oxygen atoms in total.